The summed E-state index contributed by atoms with van der Waals surface area (Å²) < 4.78 is 0. The molecule has 1 aromatic carbocycles. The molecule has 2 unspecified atom stereocenters. The monoisotopic (exact) mass is 206 g/mol. The molecule has 0 amide bonds. The highest BCUT2D eigenvalue weighted by atomic mass is 16.3. The van der Waals surface area contributed by atoms with Crippen molar-refractivity contribution < 1.29 is 5.11 Å². The topological polar surface area (TPSA) is 35.5 Å². The molecule has 2 N–H and O–H groups in total. The van der Waals surface area contributed by atoms with Crippen molar-refractivity contribution in [3.63, 3.8) is 0 Å². The third kappa shape index (κ3) is 2.56. The highest BCUT2D eigenvalue weighted by Gasteiger charge is 2.24. The van der Waals surface area contributed by atoms with Crippen LogP contribution in [0, 0.1) is 0 Å². The summed E-state index contributed by atoms with van der Waals surface area (Å²) in [5.41, 5.74) is 0.991. The fourth-order valence-corrected chi connectivity index (χ4v) is 2.03. The fourth-order valence-electron chi connectivity index (χ4n) is 2.03. The molecule has 0 radical (unpaired) electrons. The summed E-state index contributed by atoms with van der Waals surface area (Å²) >= 11 is 0. The second kappa shape index (κ2) is 4.75. The van der Waals surface area contributed by atoms with E-state index in [1.54, 1.807) is 0 Å². The van der Waals surface area contributed by atoms with E-state index in [4.69, 9.17) is 0 Å². The summed E-state index contributed by atoms with van der Waals surface area (Å²) in [4.78, 5) is 2.24. The molecular formula is C12H18N2O. The first-order valence-corrected chi connectivity index (χ1v) is 5.42. The summed E-state index contributed by atoms with van der Waals surface area (Å²) in [5.74, 6) is 0. The summed E-state index contributed by atoms with van der Waals surface area (Å²) in [6, 6.07) is 9.99. The van der Waals surface area contributed by atoms with Crippen LogP contribution in [0.25, 0.3) is 0 Å². The van der Waals surface area contributed by atoms with Gasteiger partial charge in [0.05, 0.1) is 6.10 Å². The molecule has 0 spiro atoms. The van der Waals surface area contributed by atoms with E-state index in [0.29, 0.717) is 0 Å². The van der Waals surface area contributed by atoms with E-state index in [1.165, 1.54) is 0 Å². The first-order valence-electron chi connectivity index (χ1n) is 5.42. The lowest BCUT2D eigenvalue weighted by molar-refractivity contribution is 0.0887. The van der Waals surface area contributed by atoms with Crippen molar-refractivity contribution in [3.05, 3.63) is 35.9 Å². The number of nitrogens with zero attached hydrogens (tertiary/aromatic N) is 1. The fraction of sp³-hybridized carbons (Fsp3) is 0.500. The maximum Gasteiger partial charge on any atom is 0.0955 e. The minimum Gasteiger partial charge on any atom is -0.387 e. The molecule has 0 bridgehead atoms. The predicted octanol–water partition coefficient (Wildman–Crippen LogP) is 0.624. The van der Waals surface area contributed by atoms with Crippen molar-refractivity contribution in [2.75, 3.05) is 26.7 Å². The number of benzene rings is 1. The van der Waals surface area contributed by atoms with E-state index in [0.717, 1.165) is 25.2 Å². The Labute approximate surface area is 90.7 Å². The maximum atomic E-state index is 10.2. The standard InChI is InChI=1S/C12H18N2O/c1-14-8-7-13-11(9-14)12(15)10-5-3-2-4-6-10/h2-6,11-13,15H,7-9H2,1H3. The van der Waals surface area contributed by atoms with Gasteiger partial charge >= 0.3 is 0 Å². The lowest BCUT2D eigenvalue weighted by atomic mass is 10.0. The van der Waals surface area contributed by atoms with Gasteiger partial charge in [0.2, 0.25) is 0 Å². The molecule has 0 aromatic heterocycles. The molecule has 1 fully saturated rings. The zero-order valence-electron chi connectivity index (χ0n) is 9.06. The minimum absolute atomic E-state index is 0.145. The van der Waals surface area contributed by atoms with E-state index >= 15 is 0 Å². The van der Waals surface area contributed by atoms with Crippen LogP contribution in [0.2, 0.25) is 0 Å². The number of hydrogen-bond acceptors (Lipinski definition) is 3. The molecule has 2 rings (SSSR count). The first kappa shape index (κ1) is 10.6. The van der Waals surface area contributed by atoms with Crippen molar-refractivity contribution in [1.29, 1.82) is 0 Å². The van der Waals surface area contributed by atoms with Gasteiger partial charge in [0.1, 0.15) is 0 Å². The van der Waals surface area contributed by atoms with Crippen molar-refractivity contribution >= 4 is 0 Å². The second-order valence-electron chi connectivity index (χ2n) is 4.18. The van der Waals surface area contributed by atoms with Crippen molar-refractivity contribution in [1.82, 2.24) is 10.2 Å². The Morgan fingerprint density at radius 3 is 2.80 bits per heavy atom. The average molecular weight is 206 g/mol. The SMILES string of the molecule is CN1CCNC(C(O)c2ccccc2)C1. The summed E-state index contributed by atoms with van der Waals surface area (Å²) in [6.45, 7) is 2.90. The van der Waals surface area contributed by atoms with Crippen molar-refractivity contribution in [3.8, 4) is 0 Å². The molecule has 1 aliphatic rings. The molecule has 0 saturated carbocycles. The van der Waals surface area contributed by atoms with Crippen LogP contribution < -0.4 is 5.32 Å². The molecule has 82 valence electrons. The van der Waals surface area contributed by atoms with Crippen LogP contribution in [0.4, 0.5) is 0 Å². The smallest absolute Gasteiger partial charge is 0.0955 e. The number of nitrogens with one attached hydrogen (secondary N) is 1. The minimum atomic E-state index is -0.408. The number of aliphatic hydroxyl groups excluding tert-OH is 1. The van der Waals surface area contributed by atoms with Crippen LogP contribution in [0.5, 0.6) is 0 Å². The van der Waals surface area contributed by atoms with Crippen molar-refractivity contribution in [2.45, 2.75) is 12.1 Å². The Kier molecular flexibility index (Phi) is 3.36. The van der Waals surface area contributed by atoms with Crippen molar-refractivity contribution in [2.24, 2.45) is 0 Å². The quantitative estimate of drug-likeness (QED) is 0.745. The number of hydrogen-bond donors (Lipinski definition) is 2. The zero-order valence-corrected chi connectivity index (χ0v) is 9.06. The van der Waals surface area contributed by atoms with E-state index in [9.17, 15) is 5.11 Å². The second-order valence-corrected chi connectivity index (χ2v) is 4.18. The highest BCUT2D eigenvalue weighted by Crippen LogP contribution is 2.18. The Morgan fingerprint density at radius 2 is 2.13 bits per heavy atom. The van der Waals surface area contributed by atoms with Crippen LogP contribution in [-0.2, 0) is 0 Å². The van der Waals surface area contributed by atoms with E-state index in [2.05, 4.69) is 17.3 Å². The molecule has 3 heteroatoms. The van der Waals surface area contributed by atoms with Gasteiger partial charge in [0.15, 0.2) is 0 Å². The van der Waals surface area contributed by atoms with Gasteiger partial charge in [-0.2, -0.15) is 0 Å². The van der Waals surface area contributed by atoms with Gasteiger partial charge in [-0.1, -0.05) is 30.3 Å². The van der Waals surface area contributed by atoms with Crippen LogP contribution in [0.1, 0.15) is 11.7 Å². The summed E-state index contributed by atoms with van der Waals surface area (Å²) in [7, 11) is 2.09. The number of aliphatic hydroxyl groups is 1. The van der Waals surface area contributed by atoms with Gasteiger partial charge in [0.25, 0.3) is 0 Å². The van der Waals surface area contributed by atoms with Crippen LogP contribution in [0.15, 0.2) is 30.3 Å². The third-order valence-electron chi connectivity index (χ3n) is 2.93. The normalized spacial score (nSPS) is 25.1. The van der Waals surface area contributed by atoms with E-state index < -0.39 is 6.10 Å². The Bertz CT molecular complexity index is 302. The van der Waals surface area contributed by atoms with E-state index in [-0.39, 0.29) is 6.04 Å². The number of rotatable bonds is 2. The number of piperazine rings is 1. The van der Waals surface area contributed by atoms with Crippen LogP contribution >= 0.6 is 0 Å². The summed E-state index contributed by atoms with van der Waals surface area (Å²) in [6.07, 6.45) is -0.408. The molecule has 1 aliphatic heterocycles. The van der Waals surface area contributed by atoms with Crippen LogP contribution in [0.3, 0.4) is 0 Å². The van der Waals surface area contributed by atoms with Gasteiger partial charge in [-0.15, -0.1) is 0 Å². The third-order valence-corrected chi connectivity index (χ3v) is 2.93. The molecular weight excluding hydrogens is 188 g/mol. The molecule has 2 atom stereocenters. The maximum absolute atomic E-state index is 10.2. The number of likely N-dealkylation sites (N-methyl/N-ethyl adjacent to an activating group) is 1. The molecule has 0 aliphatic carbocycles. The van der Waals surface area contributed by atoms with Gasteiger partial charge in [-0.3, -0.25) is 0 Å². The van der Waals surface area contributed by atoms with Gasteiger partial charge in [-0.25, -0.2) is 0 Å². The van der Waals surface area contributed by atoms with Gasteiger partial charge < -0.3 is 15.3 Å². The molecule has 15 heavy (non-hydrogen) atoms. The highest BCUT2D eigenvalue weighted by molar-refractivity contribution is 5.19. The zero-order chi connectivity index (χ0) is 10.7. The largest absolute Gasteiger partial charge is 0.387 e. The Balaban J connectivity index is 2.04. The Hall–Kier alpha value is -0.900. The van der Waals surface area contributed by atoms with Gasteiger partial charge in [0, 0.05) is 25.7 Å². The molecule has 3 nitrogen and oxygen atoms in total. The Morgan fingerprint density at radius 1 is 1.40 bits per heavy atom. The van der Waals surface area contributed by atoms with Gasteiger partial charge in [-0.05, 0) is 12.6 Å². The molecule has 1 heterocycles. The lowest BCUT2D eigenvalue weighted by Crippen LogP contribution is -2.51. The average Bonchev–Trinajstić information content (AvgIpc) is 2.29. The first-order chi connectivity index (χ1) is 7.27. The molecule has 1 aromatic rings. The lowest BCUT2D eigenvalue weighted by Gasteiger charge is -2.33. The predicted molar refractivity (Wildman–Crippen MR) is 60.7 cm³/mol. The molecule has 1 saturated heterocycles. The summed E-state index contributed by atoms with van der Waals surface area (Å²) in [5, 5.41) is 13.5. The van der Waals surface area contributed by atoms with E-state index in [1.807, 2.05) is 30.3 Å². The van der Waals surface area contributed by atoms with Crippen LogP contribution in [-0.4, -0.2) is 42.7 Å².